The Kier molecular flexibility index (Phi) is 5.38. The van der Waals surface area contributed by atoms with E-state index in [-0.39, 0.29) is 24.4 Å². The quantitative estimate of drug-likeness (QED) is 0.614. The molecule has 4 rings (SSSR count). The van der Waals surface area contributed by atoms with Gasteiger partial charge in [-0.15, -0.1) is 0 Å². The molecule has 0 aromatic carbocycles. The zero-order valence-electron chi connectivity index (χ0n) is 16.7. The van der Waals surface area contributed by atoms with Gasteiger partial charge in [0.05, 0.1) is 18.1 Å². The van der Waals surface area contributed by atoms with E-state index in [2.05, 4.69) is 15.1 Å². The van der Waals surface area contributed by atoms with E-state index < -0.39 is 11.7 Å². The largest absolute Gasteiger partial charge is 0.417 e. The number of alkyl halides is 3. The number of hydrogen-bond acceptors (Lipinski definition) is 6. The highest BCUT2D eigenvalue weighted by Crippen LogP contribution is 2.29. The van der Waals surface area contributed by atoms with E-state index in [4.69, 9.17) is 0 Å². The van der Waals surface area contributed by atoms with E-state index in [0.717, 1.165) is 12.3 Å². The van der Waals surface area contributed by atoms with Crippen molar-refractivity contribution >= 4 is 22.8 Å². The number of anilines is 1. The average Bonchev–Trinajstić information content (AvgIpc) is 3.14. The van der Waals surface area contributed by atoms with Crippen LogP contribution < -0.4 is 10.5 Å². The zero-order chi connectivity index (χ0) is 22.2. The summed E-state index contributed by atoms with van der Waals surface area (Å²) < 4.78 is 40.9. The molecule has 9 nitrogen and oxygen atoms in total. The monoisotopic (exact) mass is 435 g/mol. The molecule has 0 atom stereocenters. The number of carbonyl (C=O) groups is 1. The van der Waals surface area contributed by atoms with Crippen LogP contribution in [0.5, 0.6) is 0 Å². The van der Waals surface area contributed by atoms with Crippen molar-refractivity contribution in [1.82, 2.24) is 29.2 Å². The molecule has 0 unspecified atom stereocenters. The molecular weight excluding hydrogens is 415 g/mol. The fraction of sp³-hybridized carbons (Fsp3) is 0.421. The number of aromatic nitrogens is 5. The molecule has 1 aliphatic heterocycles. The summed E-state index contributed by atoms with van der Waals surface area (Å²) in [6.07, 6.45) is -0.593. The summed E-state index contributed by atoms with van der Waals surface area (Å²) in [6, 6.07) is 2.35. The Labute approximate surface area is 174 Å². The molecule has 164 valence electrons. The van der Waals surface area contributed by atoms with Crippen molar-refractivity contribution < 1.29 is 18.0 Å². The topological polar surface area (TPSA) is 89.2 Å². The number of halogens is 3. The summed E-state index contributed by atoms with van der Waals surface area (Å²) in [5, 5.41) is 4.41. The van der Waals surface area contributed by atoms with Gasteiger partial charge >= 0.3 is 6.18 Å². The van der Waals surface area contributed by atoms with Crippen molar-refractivity contribution in [2.75, 3.05) is 31.1 Å². The summed E-state index contributed by atoms with van der Waals surface area (Å²) in [5.41, 5.74) is -0.552. The number of fused-ring (bicyclic) bond motifs is 1. The maximum Gasteiger partial charge on any atom is 0.417 e. The molecule has 0 aliphatic carbocycles. The molecule has 0 spiro atoms. The SMILES string of the molecule is Cn1ncc2c(=O)n(CCC(=O)N3CCN(c4ccc(C(F)(F)F)cn4)CC3)cnc21. The van der Waals surface area contributed by atoms with Gasteiger partial charge in [-0.1, -0.05) is 0 Å². The number of carbonyl (C=O) groups excluding carboxylic acids is 1. The van der Waals surface area contributed by atoms with Crippen LogP contribution in [-0.2, 0) is 24.6 Å². The molecule has 4 heterocycles. The first-order valence-electron chi connectivity index (χ1n) is 9.67. The number of aryl methyl sites for hydroxylation is 2. The molecule has 0 saturated carbocycles. The average molecular weight is 435 g/mol. The first-order chi connectivity index (χ1) is 14.7. The minimum absolute atomic E-state index is 0.0989. The molecule has 0 N–H and O–H groups in total. The van der Waals surface area contributed by atoms with Gasteiger partial charge in [-0.3, -0.25) is 18.8 Å². The maximum absolute atomic E-state index is 12.7. The highest BCUT2D eigenvalue weighted by atomic mass is 19.4. The number of piperazine rings is 1. The fourth-order valence-corrected chi connectivity index (χ4v) is 3.53. The van der Waals surface area contributed by atoms with Crippen LogP contribution in [0.15, 0.2) is 35.6 Å². The lowest BCUT2D eigenvalue weighted by Crippen LogP contribution is -2.49. The Bertz CT molecular complexity index is 1150. The number of amides is 1. The first-order valence-corrected chi connectivity index (χ1v) is 9.67. The predicted molar refractivity (Wildman–Crippen MR) is 105 cm³/mol. The molecule has 1 amide bonds. The third kappa shape index (κ3) is 4.23. The van der Waals surface area contributed by atoms with Gasteiger partial charge < -0.3 is 9.80 Å². The molecule has 3 aromatic rings. The van der Waals surface area contributed by atoms with E-state index in [1.165, 1.54) is 27.8 Å². The van der Waals surface area contributed by atoms with E-state index >= 15 is 0 Å². The van der Waals surface area contributed by atoms with Gasteiger partial charge in [0.25, 0.3) is 5.56 Å². The van der Waals surface area contributed by atoms with Crippen molar-refractivity contribution in [1.29, 1.82) is 0 Å². The zero-order valence-corrected chi connectivity index (χ0v) is 16.7. The second-order valence-corrected chi connectivity index (χ2v) is 7.27. The predicted octanol–water partition coefficient (Wildman–Crippen LogP) is 1.28. The second-order valence-electron chi connectivity index (χ2n) is 7.27. The van der Waals surface area contributed by atoms with Crippen molar-refractivity contribution in [3.05, 3.63) is 46.8 Å². The second kappa shape index (κ2) is 8.00. The minimum atomic E-state index is -4.42. The van der Waals surface area contributed by atoms with Crippen LogP contribution in [-0.4, -0.2) is 61.3 Å². The van der Waals surface area contributed by atoms with Crippen molar-refractivity contribution in [2.24, 2.45) is 7.05 Å². The third-order valence-corrected chi connectivity index (χ3v) is 5.32. The van der Waals surface area contributed by atoms with Gasteiger partial charge in [-0.25, -0.2) is 9.97 Å². The van der Waals surface area contributed by atoms with Crippen LogP contribution in [0.25, 0.3) is 11.0 Å². The smallest absolute Gasteiger partial charge is 0.353 e. The van der Waals surface area contributed by atoms with E-state index in [9.17, 15) is 22.8 Å². The molecule has 31 heavy (non-hydrogen) atoms. The number of nitrogens with zero attached hydrogens (tertiary/aromatic N) is 7. The van der Waals surface area contributed by atoms with Crippen LogP contribution in [0.2, 0.25) is 0 Å². The normalized spacial score (nSPS) is 15.0. The number of hydrogen-bond donors (Lipinski definition) is 0. The van der Waals surface area contributed by atoms with Gasteiger partial charge in [0, 0.05) is 52.4 Å². The van der Waals surface area contributed by atoms with E-state index in [1.54, 1.807) is 11.9 Å². The van der Waals surface area contributed by atoms with Gasteiger partial charge in [-0.05, 0) is 12.1 Å². The summed E-state index contributed by atoms with van der Waals surface area (Å²) in [6.45, 7) is 1.99. The Hall–Kier alpha value is -3.44. The summed E-state index contributed by atoms with van der Waals surface area (Å²) in [7, 11) is 1.70. The standard InChI is InChI=1S/C19H20F3N7O2/c1-26-17-14(11-25-26)18(31)29(12-24-17)5-4-16(30)28-8-6-27(7-9-28)15-3-2-13(10-23-15)19(20,21)22/h2-3,10-12H,4-9H2,1H3. The Balaban J connectivity index is 1.32. The third-order valence-electron chi connectivity index (χ3n) is 5.32. The molecule has 1 aliphatic rings. The van der Waals surface area contributed by atoms with Crippen LogP contribution >= 0.6 is 0 Å². The van der Waals surface area contributed by atoms with Gasteiger partial charge in [0.1, 0.15) is 11.2 Å². The maximum atomic E-state index is 12.7. The van der Waals surface area contributed by atoms with Gasteiger partial charge in [-0.2, -0.15) is 18.3 Å². The lowest BCUT2D eigenvalue weighted by Gasteiger charge is -2.35. The highest BCUT2D eigenvalue weighted by molar-refractivity contribution is 5.76. The summed E-state index contributed by atoms with van der Waals surface area (Å²) >= 11 is 0. The Morgan fingerprint density at radius 3 is 2.48 bits per heavy atom. The summed E-state index contributed by atoms with van der Waals surface area (Å²) in [4.78, 5) is 36.7. The molecular formula is C19H20F3N7O2. The van der Waals surface area contributed by atoms with Crippen molar-refractivity contribution in [2.45, 2.75) is 19.1 Å². The molecule has 0 radical (unpaired) electrons. The van der Waals surface area contributed by atoms with Gasteiger partial charge in [0.2, 0.25) is 5.91 Å². The molecule has 12 heteroatoms. The van der Waals surface area contributed by atoms with Crippen molar-refractivity contribution in [3.8, 4) is 0 Å². The van der Waals surface area contributed by atoms with Gasteiger partial charge in [0.15, 0.2) is 5.65 Å². The lowest BCUT2D eigenvalue weighted by atomic mass is 10.2. The number of pyridine rings is 1. The number of rotatable bonds is 4. The van der Waals surface area contributed by atoms with Crippen LogP contribution in [0, 0.1) is 0 Å². The molecule has 3 aromatic heterocycles. The van der Waals surface area contributed by atoms with Crippen LogP contribution in [0.1, 0.15) is 12.0 Å². The Morgan fingerprint density at radius 1 is 1.10 bits per heavy atom. The van der Waals surface area contributed by atoms with Crippen LogP contribution in [0.4, 0.5) is 19.0 Å². The fourth-order valence-electron chi connectivity index (χ4n) is 3.53. The highest BCUT2D eigenvalue weighted by Gasteiger charge is 2.31. The Morgan fingerprint density at radius 2 is 1.84 bits per heavy atom. The molecule has 0 bridgehead atoms. The van der Waals surface area contributed by atoms with Crippen LogP contribution in [0.3, 0.4) is 0 Å². The lowest BCUT2D eigenvalue weighted by molar-refractivity contribution is -0.138. The first kappa shape index (κ1) is 20.8. The van der Waals surface area contributed by atoms with Crippen molar-refractivity contribution in [3.63, 3.8) is 0 Å². The minimum Gasteiger partial charge on any atom is -0.353 e. The van der Waals surface area contributed by atoms with E-state index in [0.29, 0.717) is 43.0 Å². The summed E-state index contributed by atoms with van der Waals surface area (Å²) in [5.74, 6) is 0.348. The van der Waals surface area contributed by atoms with E-state index in [1.807, 2.05) is 4.90 Å². The molecule has 1 saturated heterocycles. The molecule has 1 fully saturated rings.